The van der Waals surface area contributed by atoms with Crippen molar-refractivity contribution in [3.8, 4) is 0 Å². The van der Waals surface area contributed by atoms with E-state index in [2.05, 4.69) is 24.5 Å². The molecule has 2 aliphatic rings. The summed E-state index contributed by atoms with van der Waals surface area (Å²) in [7, 11) is 0. The normalized spacial score (nSPS) is 26.9. The molecule has 408 valence electrons. The highest BCUT2D eigenvalue weighted by Gasteiger charge is 2.51. The van der Waals surface area contributed by atoms with Gasteiger partial charge in [-0.3, -0.25) is 9.59 Å². The second-order valence-electron chi connectivity index (χ2n) is 20.0. The van der Waals surface area contributed by atoms with Gasteiger partial charge < -0.3 is 75.5 Å². The third-order valence-electron chi connectivity index (χ3n) is 13.9. The van der Waals surface area contributed by atoms with Gasteiger partial charge in [-0.15, -0.1) is 0 Å². The maximum absolute atomic E-state index is 13.4. The van der Waals surface area contributed by atoms with E-state index in [1.54, 1.807) is 0 Å². The monoisotopic (exact) mass is 993 g/mol. The van der Waals surface area contributed by atoms with Crippen LogP contribution >= 0.6 is 0 Å². The highest BCUT2D eigenvalue weighted by Crippen LogP contribution is 2.30. The SMILES string of the molecule is CCCCCCCCCCCCCCCCCCCC[C@@H](O)C(=O)N[C@@H](CO[C@H]1O[C@H](CO)[C@H](O)[C@H](O[C@H]2O[C@H](CO)[C@H](O)[C@H](O)[C@H]2NC(C)=O)[C@H]1O)[C@H](O)[C@H](O)CCCCCCCCCCCC. The van der Waals surface area contributed by atoms with Crippen LogP contribution in [0.2, 0.25) is 0 Å². The molecule has 69 heavy (non-hydrogen) atoms. The molecule has 0 aromatic rings. The first kappa shape index (κ1) is 63.5. The van der Waals surface area contributed by atoms with E-state index in [1.807, 2.05) is 0 Å². The maximum Gasteiger partial charge on any atom is 0.249 e. The Balaban J connectivity index is 1.96. The summed E-state index contributed by atoms with van der Waals surface area (Å²) in [5.41, 5.74) is 0. The van der Waals surface area contributed by atoms with Gasteiger partial charge >= 0.3 is 0 Å². The Morgan fingerprint density at radius 1 is 0.536 bits per heavy atom. The number of hydrogen-bond donors (Lipinski definition) is 11. The van der Waals surface area contributed by atoms with Gasteiger partial charge in [-0.2, -0.15) is 0 Å². The summed E-state index contributed by atoms with van der Waals surface area (Å²) in [5, 5.41) is 102. The van der Waals surface area contributed by atoms with Gasteiger partial charge in [0.25, 0.3) is 0 Å². The van der Waals surface area contributed by atoms with Gasteiger partial charge in [0.2, 0.25) is 11.8 Å². The lowest BCUT2D eigenvalue weighted by molar-refractivity contribution is -0.348. The maximum atomic E-state index is 13.4. The Hall–Kier alpha value is -1.58. The molecule has 2 heterocycles. The van der Waals surface area contributed by atoms with E-state index >= 15 is 0 Å². The molecule has 17 nitrogen and oxygen atoms in total. The molecule has 2 fully saturated rings. The zero-order chi connectivity index (χ0) is 50.8. The fraction of sp³-hybridized carbons (Fsp3) is 0.962. The number of aliphatic hydroxyl groups is 9. The molecular weight excluding hydrogens is 893 g/mol. The van der Waals surface area contributed by atoms with Crippen LogP contribution in [0.25, 0.3) is 0 Å². The molecule has 0 radical (unpaired) electrons. The average Bonchev–Trinajstić information content (AvgIpc) is 3.33. The minimum absolute atomic E-state index is 0.195. The van der Waals surface area contributed by atoms with Crippen molar-refractivity contribution in [1.82, 2.24) is 10.6 Å². The number of unbranched alkanes of at least 4 members (excludes halogenated alkanes) is 26. The Labute approximate surface area is 414 Å². The van der Waals surface area contributed by atoms with Crippen molar-refractivity contribution >= 4 is 11.8 Å². The van der Waals surface area contributed by atoms with Gasteiger partial charge in [-0.05, 0) is 12.8 Å². The van der Waals surface area contributed by atoms with Crippen LogP contribution in [0.3, 0.4) is 0 Å². The van der Waals surface area contributed by atoms with Crippen molar-refractivity contribution in [3.63, 3.8) is 0 Å². The molecule has 0 saturated carbocycles. The molecule has 2 aliphatic heterocycles. The molecule has 2 saturated heterocycles. The zero-order valence-electron chi connectivity index (χ0n) is 42.9. The lowest BCUT2D eigenvalue weighted by Gasteiger charge is -2.47. The van der Waals surface area contributed by atoms with Crippen LogP contribution in [0.4, 0.5) is 0 Å². The predicted octanol–water partition coefficient (Wildman–Crippen LogP) is 5.08. The standard InChI is InChI=1S/C52H100N2O15/c1-4-6-8-10-12-14-16-17-18-19-20-21-22-23-25-27-29-31-33-40(59)50(65)54-38(44(60)39(58)32-30-28-26-24-15-13-11-9-7-5-2)36-66-52-48(64)49(46(62)42(35-56)68-52)69-51-43(53-37(3)57)47(63)45(61)41(34-55)67-51/h38-49,51-52,55-56,58-64H,4-36H2,1-3H3,(H,53,57)(H,54,65)/t38-,39+,40+,41+,42+,43+,44-,45-,46-,47+,48+,49-,51+,52-/m0/s1. The van der Waals surface area contributed by atoms with E-state index < -0.39 is 117 Å². The highest BCUT2D eigenvalue weighted by atomic mass is 16.7. The summed E-state index contributed by atoms with van der Waals surface area (Å²) in [6, 6.07) is -2.71. The van der Waals surface area contributed by atoms with E-state index in [-0.39, 0.29) is 12.8 Å². The van der Waals surface area contributed by atoms with Crippen LogP contribution in [-0.2, 0) is 28.5 Å². The lowest BCUT2D eigenvalue weighted by atomic mass is 9.95. The second kappa shape index (κ2) is 39.0. The Morgan fingerprint density at radius 2 is 0.942 bits per heavy atom. The summed E-state index contributed by atoms with van der Waals surface area (Å²) in [4.78, 5) is 25.4. The molecule has 11 N–H and O–H groups in total. The van der Waals surface area contributed by atoms with Gasteiger partial charge in [0, 0.05) is 6.92 Å². The molecule has 0 aromatic heterocycles. The minimum atomic E-state index is -1.85. The number of amides is 2. The van der Waals surface area contributed by atoms with Crippen molar-refractivity contribution in [2.75, 3.05) is 19.8 Å². The first-order valence-corrected chi connectivity index (χ1v) is 27.4. The van der Waals surface area contributed by atoms with Gasteiger partial charge in [0.05, 0.1) is 32.0 Å². The number of ether oxygens (including phenoxy) is 4. The Morgan fingerprint density at radius 3 is 1.38 bits per heavy atom. The molecule has 0 unspecified atom stereocenters. The van der Waals surface area contributed by atoms with E-state index in [9.17, 15) is 55.5 Å². The molecule has 14 atom stereocenters. The first-order chi connectivity index (χ1) is 33.3. The van der Waals surface area contributed by atoms with Crippen molar-refractivity contribution in [2.24, 2.45) is 0 Å². The summed E-state index contributed by atoms with van der Waals surface area (Å²) >= 11 is 0. The van der Waals surface area contributed by atoms with Gasteiger partial charge in [-0.25, -0.2) is 0 Å². The van der Waals surface area contributed by atoms with Crippen LogP contribution < -0.4 is 10.6 Å². The number of aliphatic hydroxyl groups excluding tert-OH is 9. The van der Waals surface area contributed by atoms with E-state index in [0.29, 0.717) is 12.8 Å². The van der Waals surface area contributed by atoms with Crippen molar-refractivity contribution < 1.29 is 74.5 Å². The van der Waals surface area contributed by atoms with Crippen LogP contribution in [0.5, 0.6) is 0 Å². The molecule has 2 amide bonds. The highest BCUT2D eigenvalue weighted by molar-refractivity contribution is 5.80. The summed E-state index contributed by atoms with van der Waals surface area (Å²) in [6.07, 6.45) is 14.4. The molecule has 2 rings (SSSR count). The van der Waals surface area contributed by atoms with Crippen LogP contribution in [0, 0.1) is 0 Å². The second-order valence-corrected chi connectivity index (χ2v) is 20.0. The smallest absolute Gasteiger partial charge is 0.249 e. The van der Waals surface area contributed by atoms with Crippen molar-refractivity contribution in [3.05, 3.63) is 0 Å². The quantitative estimate of drug-likeness (QED) is 0.0356. The first-order valence-electron chi connectivity index (χ1n) is 27.4. The van der Waals surface area contributed by atoms with Crippen molar-refractivity contribution in [1.29, 1.82) is 0 Å². The van der Waals surface area contributed by atoms with E-state index in [1.165, 1.54) is 116 Å². The van der Waals surface area contributed by atoms with Gasteiger partial charge in [0.1, 0.15) is 61.0 Å². The number of carbonyl (C=O) groups is 2. The molecule has 0 aliphatic carbocycles. The van der Waals surface area contributed by atoms with Gasteiger partial charge in [-0.1, -0.05) is 194 Å². The Bertz CT molecular complexity index is 1270. The van der Waals surface area contributed by atoms with E-state index in [4.69, 9.17) is 18.9 Å². The number of nitrogens with one attached hydrogen (secondary N) is 2. The van der Waals surface area contributed by atoms with Crippen LogP contribution in [-0.4, -0.2) is 163 Å². The summed E-state index contributed by atoms with van der Waals surface area (Å²) < 4.78 is 23.1. The zero-order valence-corrected chi connectivity index (χ0v) is 42.9. The van der Waals surface area contributed by atoms with Crippen molar-refractivity contribution in [2.45, 2.75) is 299 Å². The third kappa shape index (κ3) is 25.8. The molecular formula is C52H100N2O15. The van der Waals surface area contributed by atoms with Gasteiger partial charge in [0.15, 0.2) is 12.6 Å². The van der Waals surface area contributed by atoms with E-state index in [0.717, 1.165) is 58.3 Å². The molecule has 0 spiro atoms. The summed E-state index contributed by atoms with van der Waals surface area (Å²) in [5.74, 6) is -1.40. The predicted molar refractivity (Wildman–Crippen MR) is 264 cm³/mol. The number of hydrogen-bond acceptors (Lipinski definition) is 15. The van der Waals surface area contributed by atoms with Crippen LogP contribution in [0.1, 0.15) is 213 Å². The molecule has 0 bridgehead atoms. The number of carbonyl (C=O) groups excluding carboxylic acids is 2. The Kier molecular flexibility index (Phi) is 35.9. The fourth-order valence-electron chi connectivity index (χ4n) is 9.45. The molecule has 0 aromatic carbocycles. The average molecular weight is 993 g/mol. The number of rotatable bonds is 42. The van der Waals surface area contributed by atoms with Crippen LogP contribution in [0.15, 0.2) is 0 Å². The minimum Gasteiger partial charge on any atom is -0.394 e. The fourth-order valence-corrected chi connectivity index (χ4v) is 9.45. The largest absolute Gasteiger partial charge is 0.394 e. The summed E-state index contributed by atoms with van der Waals surface area (Å²) in [6.45, 7) is 3.52. The third-order valence-corrected chi connectivity index (χ3v) is 13.9. The molecule has 17 heteroatoms. The topological polar surface area (TPSA) is 277 Å². The lowest BCUT2D eigenvalue weighted by Crippen LogP contribution is -2.68.